The highest BCUT2D eigenvalue weighted by Crippen LogP contribution is 2.57. The van der Waals surface area contributed by atoms with Gasteiger partial charge in [0.25, 0.3) is 6.71 Å². The lowest BCUT2D eigenvalue weighted by atomic mass is 9.35. The molecule has 3 heterocycles. The highest BCUT2D eigenvalue weighted by molar-refractivity contribution is 7.33. The van der Waals surface area contributed by atoms with Crippen LogP contribution in [0.1, 0.15) is 187 Å². The average molecular weight is 1000 g/mol. The molecule has 5 aliphatic rings. The van der Waals surface area contributed by atoms with E-state index < -0.39 is 0 Å². The maximum atomic E-state index is 2.80. The molecular weight excluding hydrogens is 924 g/mol. The zero-order valence-electron chi connectivity index (χ0n) is 48.1. The maximum Gasteiger partial charge on any atom is 0.264 e. The van der Waals surface area contributed by atoms with Gasteiger partial charge < -0.3 is 9.80 Å². The smallest absolute Gasteiger partial charge is 0.264 e. The van der Waals surface area contributed by atoms with Gasteiger partial charge in [-0.1, -0.05) is 158 Å². The fraction of sp³-hybridized carbons (Fsp3) is 0.408. The normalized spacial score (nSPS) is 20.0. The molecule has 7 aromatic carbocycles. The Bertz CT molecular complexity index is 3750. The molecule has 0 saturated carbocycles. The molecule has 0 saturated heterocycles. The molecule has 0 bridgehead atoms. The summed E-state index contributed by atoms with van der Waals surface area (Å²) in [4.78, 5) is 5.54. The first-order valence-electron chi connectivity index (χ1n) is 28.5. The standard InChI is InChI=1S/C71H79BN2S/c1-42-33-59-62-60(34-42)74(57-40-54-52(68(9,10)29-31-70(54,13)14)38-48(57)45-22-21-43-19-17-18-20-44(43)35-45)58-41-55-53(69(11,12)30-32-71(55,15)16)39-56(58)72(62)64-63(49-36-46(65(2,3)4)23-26-61(49)75-64)73(59)47-24-25-50-51(37-47)67(7,8)28-27-66(50,5)6/h17-26,33-41H,27-32H2,1-16H3. The molecule has 2 nitrogen and oxygen atoms in total. The van der Waals surface area contributed by atoms with Crippen LogP contribution in [0.5, 0.6) is 0 Å². The van der Waals surface area contributed by atoms with Crippen molar-refractivity contribution in [2.45, 2.75) is 187 Å². The Morgan fingerprint density at radius 2 is 1.00 bits per heavy atom. The molecule has 0 amide bonds. The van der Waals surface area contributed by atoms with Crippen molar-refractivity contribution in [3.8, 4) is 11.1 Å². The minimum Gasteiger partial charge on any atom is -0.311 e. The van der Waals surface area contributed by atoms with Crippen LogP contribution >= 0.6 is 11.3 Å². The van der Waals surface area contributed by atoms with Crippen LogP contribution < -0.4 is 25.5 Å². The van der Waals surface area contributed by atoms with Gasteiger partial charge in [-0.25, -0.2) is 0 Å². The SMILES string of the molecule is Cc1cc2c3c(c1)N(c1ccc4c(c1)C(C)(C)CCC4(C)C)c1c(sc4ccc(C(C)(C)C)cc14)B3c1cc3c(cc1N2c1cc2c(cc1-c1ccc4ccccc4c1)C(C)(C)CCC2(C)C)C(C)(C)CCC3(C)C. The van der Waals surface area contributed by atoms with Crippen LogP contribution in [0, 0.1) is 6.92 Å². The molecule has 4 heteroatoms. The number of fused-ring (bicyclic) bond motifs is 10. The van der Waals surface area contributed by atoms with Gasteiger partial charge in [-0.3, -0.25) is 0 Å². The van der Waals surface area contributed by atoms with Crippen molar-refractivity contribution in [1.29, 1.82) is 0 Å². The van der Waals surface area contributed by atoms with E-state index in [1.165, 1.54) is 158 Å². The molecule has 0 spiro atoms. The first-order chi connectivity index (χ1) is 35.2. The lowest BCUT2D eigenvalue weighted by molar-refractivity contribution is 0.332. The summed E-state index contributed by atoms with van der Waals surface area (Å²) in [6.45, 7) is 39.4. The Labute approximate surface area is 454 Å². The summed E-state index contributed by atoms with van der Waals surface area (Å²) < 4.78 is 2.83. The van der Waals surface area contributed by atoms with E-state index >= 15 is 0 Å². The number of anilines is 6. The van der Waals surface area contributed by atoms with Crippen molar-refractivity contribution in [1.82, 2.24) is 0 Å². The second kappa shape index (κ2) is 15.8. The molecule has 13 rings (SSSR count). The number of aryl methyl sites for hydroxylation is 1. The third-order valence-corrected chi connectivity index (χ3v) is 21.2. The van der Waals surface area contributed by atoms with E-state index in [9.17, 15) is 0 Å². The van der Waals surface area contributed by atoms with E-state index in [1.54, 1.807) is 0 Å². The number of hydrogen-bond acceptors (Lipinski definition) is 3. The Balaban J connectivity index is 1.18. The lowest BCUT2D eigenvalue weighted by Gasteiger charge is -2.48. The van der Waals surface area contributed by atoms with Gasteiger partial charge in [-0.2, -0.15) is 0 Å². The van der Waals surface area contributed by atoms with Crippen molar-refractivity contribution in [2.75, 3.05) is 9.80 Å². The van der Waals surface area contributed by atoms with Gasteiger partial charge in [0.05, 0.1) is 11.4 Å². The summed E-state index contributed by atoms with van der Waals surface area (Å²) >= 11 is 2.05. The molecule has 0 unspecified atom stereocenters. The molecule has 8 aromatic rings. The average Bonchev–Trinajstić information content (AvgIpc) is 3.74. The molecule has 0 radical (unpaired) electrons. The topological polar surface area (TPSA) is 6.48 Å². The summed E-state index contributed by atoms with van der Waals surface area (Å²) in [6, 6.07) is 47.1. The summed E-state index contributed by atoms with van der Waals surface area (Å²) in [5, 5.41) is 3.93. The number of rotatable bonds is 3. The lowest BCUT2D eigenvalue weighted by Crippen LogP contribution is -2.61. The zero-order valence-corrected chi connectivity index (χ0v) is 48.9. The van der Waals surface area contributed by atoms with Gasteiger partial charge >= 0.3 is 0 Å². The van der Waals surface area contributed by atoms with Crippen molar-refractivity contribution in [3.05, 3.63) is 160 Å². The largest absolute Gasteiger partial charge is 0.311 e. The van der Waals surface area contributed by atoms with E-state index in [2.05, 4.69) is 236 Å². The second-order valence-corrected chi connectivity index (χ2v) is 30.1. The number of hydrogen-bond donors (Lipinski definition) is 0. The maximum absolute atomic E-state index is 2.80. The minimum atomic E-state index is 0.00237. The van der Waals surface area contributed by atoms with Gasteiger partial charge in [0.15, 0.2) is 0 Å². The van der Waals surface area contributed by atoms with Crippen molar-refractivity contribution < 1.29 is 0 Å². The molecular formula is C71H79BN2S. The fourth-order valence-corrected chi connectivity index (χ4v) is 16.1. The zero-order chi connectivity index (χ0) is 52.9. The molecule has 382 valence electrons. The van der Waals surface area contributed by atoms with Crippen molar-refractivity contribution in [3.63, 3.8) is 0 Å². The van der Waals surface area contributed by atoms with Gasteiger partial charge in [0.1, 0.15) is 0 Å². The predicted molar refractivity (Wildman–Crippen MR) is 328 cm³/mol. The first-order valence-corrected chi connectivity index (χ1v) is 29.3. The molecule has 1 aromatic heterocycles. The number of benzene rings is 7. The van der Waals surface area contributed by atoms with Crippen LogP contribution in [0.25, 0.3) is 32.0 Å². The van der Waals surface area contributed by atoms with Crippen molar-refractivity contribution in [2.24, 2.45) is 0 Å². The van der Waals surface area contributed by atoms with Crippen LogP contribution in [0.2, 0.25) is 0 Å². The summed E-state index contributed by atoms with van der Waals surface area (Å²) in [6.07, 6.45) is 7.04. The van der Waals surface area contributed by atoms with Gasteiger partial charge in [-0.15, -0.1) is 11.3 Å². The third kappa shape index (κ3) is 7.30. The predicted octanol–water partition coefficient (Wildman–Crippen LogP) is 18.5. The summed E-state index contributed by atoms with van der Waals surface area (Å²) in [5.74, 6) is 0. The summed E-state index contributed by atoms with van der Waals surface area (Å²) in [5.41, 5.74) is 25.3. The van der Waals surface area contributed by atoms with E-state index in [1.807, 2.05) is 11.3 Å². The summed E-state index contributed by atoms with van der Waals surface area (Å²) in [7, 11) is 0. The monoisotopic (exact) mass is 1000 g/mol. The van der Waals surface area contributed by atoms with E-state index in [0.29, 0.717) is 0 Å². The highest BCUT2D eigenvalue weighted by Gasteiger charge is 2.49. The Morgan fingerprint density at radius 1 is 0.467 bits per heavy atom. The van der Waals surface area contributed by atoms with Crippen LogP contribution in [-0.2, 0) is 37.9 Å². The van der Waals surface area contributed by atoms with Crippen molar-refractivity contribution >= 4 is 88.7 Å². The van der Waals surface area contributed by atoms with E-state index in [-0.39, 0.29) is 44.6 Å². The third-order valence-electron chi connectivity index (χ3n) is 20.0. The number of thiophene rings is 1. The molecule has 0 fully saturated rings. The van der Waals surface area contributed by atoms with Crippen LogP contribution in [-0.4, -0.2) is 6.71 Å². The minimum absolute atomic E-state index is 0.00237. The van der Waals surface area contributed by atoms with Gasteiger partial charge in [-0.05, 0) is 216 Å². The molecule has 3 aliphatic carbocycles. The van der Waals surface area contributed by atoms with Gasteiger partial charge in [0.2, 0.25) is 0 Å². The fourth-order valence-electron chi connectivity index (χ4n) is 14.8. The first kappa shape index (κ1) is 49.0. The number of nitrogens with zero attached hydrogens (tertiary/aromatic N) is 2. The van der Waals surface area contributed by atoms with Crippen LogP contribution in [0.3, 0.4) is 0 Å². The Morgan fingerprint density at radius 3 is 1.61 bits per heavy atom. The quantitative estimate of drug-likeness (QED) is 0.163. The van der Waals surface area contributed by atoms with E-state index in [4.69, 9.17) is 0 Å². The molecule has 0 N–H and O–H groups in total. The second-order valence-electron chi connectivity index (χ2n) is 29.1. The molecule has 0 atom stereocenters. The Hall–Kier alpha value is -5.58. The van der Waals surface area contributed by atoms with Gasteiger partial charge in [0, 0.05) is 43.2 Å². The van der Waals surface area contributed by atoms with Crippen LogP contribution in [0.4, 0.5) is 34.1 Å². The molecule has 75 heavy (non-hydrogen) atoms. The Kier molecular flexibility index (Phi) is 10.3. The van der Waals surface area contributed by atoms with Crippen LogP contribution in [0.15, 0.2) is 115 Å². The molecule has 2 aliphatic heterocycles. The van der Waals surface area contributed by atoms with E-state index in [0.717, 1.165) is 6.42 Å². The highest BCUT2D eigenvalue weighted by atomic mass is 32.1.